The lowest BCUT2D eigenvalue weighted by Gasteiger charge is -2.25. The van der Waals surface area contributed by atoms with Crippen LogP contribution in [0.3, 0.4) is 0 Å². The van der Waals surface area contributed by atoms with Crippen molar-refractivity contribution in [1.82, 2.24) is 19.6 Å². The molecule has 4 aromatic carbocycles. The van der Waals surface area contributed by atoms with Crippen LogP contribution < -0.4 is 24.7 Å². The van der Waals surface area contributed by atoms with Gasteiger partial charge in [-0.15, -0.1) is 0 Å². The second-order valence-corrected chi connectivity index (χ2v) is 16.3. The number of carbonyl (C=O) groups is 4. The molecule has 356 valence electrons. The third kappa shape index (κ3) is 12.6. The molecule has 13 nitrogen and oxygen atoms in total. The molecule has 0 atom stereocenters. The van der Waals surface area contributed by atoms with Crippen LogP contribution in [-0.2, 0) is 51.4 Å². The lowest BCUT2D eigenvalue weighted by molar-refractivity contribution is -0.133. The molecule has 4 aromatic rings. The highest BCUT2D eigenvalue weighted by Crippen LogP contribution is 2.39. The molecule has 8 bridgehead atoms. The van der Waals surface area contributed by atoms with Crippen molar-refractivity contribution in [2.24, 2.45) is 5.73 Å². The van der Waals surface area contributed by atoms with Crippen molar-refractivity contribution in [3.63, 3.8) is 0 Å². The summed E-state index contributed by atoms with van der Waals surface area (Å²) < 4.78 is 26.5. The average molecular weight is 906 g/mol. The van der Waals surface area contributed by atoms with E-state index >= 15 is 0 Å². The number of carbonyl (C=O) groups excluding carboxylic acids is 4. The van der Waals surface area contributed by atoms with Crippen LogP contribution in [0.4, 0.5) is 0 Å². The molecule has 0 heterocycles. The highest BCUT2D eigenvalue weighted by molar-refractivity contribution is 5.79. The second kappa shape index (κ2) is 25.0. The summed E-state index contributed by atoms with van der Waals surface area (Å²) in [6.45, 7) is 19.5. The van der Waals surface area contributed by atoms with Crippen LogP contribution in [0.2, 0.25) is 0 Å². The van der Waals surface area contributed by atoms with E-state index in [2.05, 4.69) is 0 Å². The molecule has 0 aromatic heterocycles. The number of nitrogens with zero attached hydrogens (tertiary/aromatic N) is 4. The van der Waals surface area contributed by atoms with E-state index in [9.17, 15) is 19.2 Å². The molecule has 0 saturated carbocycles. The lowest BCUT2D eigenvalue weighted by Crippen LogP contribution is -2.35. The minimum Gasteiger partial charge on any atom is -0.483 e. The Labute approximate surface area is 392 Å². The van der Waals surface area contributed by atoms with E-state index in [1.165, 1.54) is 0 Å². The van der Waals surface area contributed by atoms with Gasteiger partial charge in [0.2, 0.25) is 0 Å². The third-order valence-electron chi connectivity index (χ3n) is 12.4. The van der Waals surface area contributed by atoms with E-state index in [-0.39, 0.29) is 56.6 Å². The summed E-state index contributed by atoms with van der Waals surface area (Å²) in [7, 11) is 0. The van der Waals surface area contributed by atoms with Crippen LogP contribution in [0, 0.1) is 0 Å². The number of hydrogen-bond donors (Lipinski definition) is 1. The van der Waals surface area contributed by atoms with Gasteiger partial charge >= 0.3 is 0 Å². The van der Waals surface area contributed by atoms with E-state index in [1.807, 2.05) is 122 Å². The summed E-state index contributed by atoms with van der Waals surface area (Å²) in [5.74, 6) is 1.71. The normalized spacial score (nSPS) is 11.9. The fourth-order valence-electron chi connectivity index (χ4n) is 8.72. The Hall–Kier alpha value is -6.08. The number of para-hydroxylation sites is 3. The molecule has 13 heteroatoms. The van der Waals surface area contributed by atoms with E-state index in [4.69, 9.17) is 24.7 Å². The summed E-state index contributed by atoms with van der Waals surface area (Å²) >= 11 is 0. The Bertz CT molecular complexity index is 2160. The number of ether oxygens (including phenoxy) is 4. The largest absolute Gasteiger partial charge is 0.483 e. The molecule has 0 unspecified atom stereocenters. The molecule has 0 aliphatic heterocycles. The average Bonchev–Trinajstić information content (AvgIpc) is 3.31. The smallest absolute Gasteiger partial charge is 0.260 e. The zero-order valence-electron chi connectivity index (χ0n) is 40.5. The third-order valence-corrected chi connectivity index (χ3v) is 12.4. The van der Waals surface area contributed by atoms with Gasteiger partial charge in [0.25, 0.3) is 23.6 Å². The van der Waals surface area contributed by atoms with Crippen LogP contribution >= 0.6 is 0 Å². The molecule has 5 rings (SSSR count). The first-order valence-electron chi connectivity index (χ1n) is 23.8. The highest BCUT2D eigenvalue weighted by Gasteiger charge is 2.25. The maximum absolute atomic E-state index is 13.6. The predicted molar refractivity (Wildman–Crippen MR) is 259 cm³/mol. The van der Waals surface area contributed by atoms with Crippen molar-refractivity contribution in [3.05, 3.63) is 117 Å². The van der Waals surface area contributed by atoms with Crippen molar-refractivity contribution in [2.45, 2.75) is 87.6 Å². The minimum atomic E-state index is -0.179. The van der Waals surface area contributed by atoms with Gasteiger partial charge in [0, 0.05) is 84.6 Å². The number of rotatable bonds is 21. The number of amides is 4. The first kappa shape index (κ1) is 50.9. The van der Waals surface area contributed by atoms with Gasteiger partial charge < -0.3 is 44.3 Å². The first-order valence-corrected chi connectivity index (χ1v) is 23.8. The van der Waals surface area contributed by atoms with Crippen LogP contribution in [0.1, 0.15) is 105 Å². The minimum absolute atomic E-state index is 0.125. The number of likely N-dealkylation sites (N-methyl/N-ethyl adjacent to an activating group) is 4. The second-order valence-electron chi connectivity index (χ2n) is 16.3. The zero-order chi connectivity index (χ0) is 47.8. The van der Waals surface area contributed by atoms with Crippen LogP contribution in [0.5, 0.6) is 23.0 Å². The van der Waals surface area contributed by atoms with Crippen LogP contribution in [0.15, 0.2) is 66.7 Å². The Morgan fingerprint density at radius 3 is 0.818 bits per heavy atom. The van der Waals surface area contributed by atoms with Crippen LogP contribution in [0.25, 0.3) is 0 Å². The van der Waals surface area contributed by atoms with Gasteiger partial charge in [-0.3, -0.25) is 19.2 Å². The Balaban J connectivity index is 1.78. The number of benzene rings is 4. The fourth-order valence-corrected chi connectivity index (χ4v) is 8.72. The van der Waals surface area contributed by atoms with Gasteiger partial charge in [-0.05, 0) is 105 Å². The Kier molecular flexibility index (Phi) is 19.3. The van der Waals surface area contributed by atoms with Crippen molar-refractivity contribution in [3.8, 4) is 23.0 Å². The van der Waals surface area contributed by atoms with Gasteiger partial charge in [-0.1, -0.05) is 66.7 Å². The fraction of sp³-hybridized carbons (Fsp3) is 0.472. The van der Waals surface area contributed by atoms with Gasteiger partial charge in [0.1, 0.15) is 23.0 Å². The van der Waals surface area contributed by atoms with Crippen molar-refractivity contribution >= 4 is 23.6 Å². The van der Waals surface area contributed by atoms with Gasteiger partial charge in [-0.2, -0.15) is 0 Å². The molecule has 4 amide bonds. The monoisotopic (exact) mass is 906 g/mol. The standard InChI is InChI=1S/C53H71N5O8/c1-9-55(10-2)46(59)33-63-50-38-20-17-21-39(50)29-41-23-19-25-43(52(41)65-35-48(61)57(13-5)14-6)31-45-27-37(32-54)26-44(53(45)66-36-49(62)58(15-7)16-8)30-42-24-18-22-40(28-38)51(42)64-34-47(60)56(11-3)12-4/h17-27H,9-16,28-36,54H2,1-8H3. The lowest BCUT2D eigenvalue weighted by atomic mass is 9.90. The summed E-state index contributed by atoms with van der Waals surface area (Å²) in [6.07, 6.45) is 1.34. The molecule has 1 aliphatic rings. The maximum Gasteiger partial charge on any atom is 0.260 e. The molecular formula is C53H71N5O8. The molecule has 0 fully saturated rings. The first-order chi connectivity index (χ1) is 32.0. The molecule has 0 saturated heterocycles. The molecular weight excluding hydrogens is 835 g/mol. The highest BCUT2D eigenvalue weighted by atomic mass is 16.5. The molecule has 0 spiro atoms. The topological polar surface area (TPSA) is 144 Å². The van der Waals surface area contributed by atoms with Crippen molar-refractivity contribution in [2.75, 3.05) is 78.8 Å². The van der Waals surface area contributed by atoms with Gasteiger partial charge in [0.15, 0.2) is 26.4 Å². The van der Waals surface area contributed by atoms with Gasteiger partial charge in [-0.25, -0.2) is 0 Å². The zero-order valence-corrected chi connectivity index (χ0v) is 40.5. The Morgan fingerprint density at radius 1 is 0.394 bits per heavy atom. The van der Waals surface area contributed by atoms with E-state index in [0.717, 1.165) is 50.1 Å². The molecule has 1 aliphatic carbocycles. The van der Waals surface area contributed by atoms with E-state index in [0.29, 0.717) is 101 Å². The van der Waals surface area contributed by atoms with Crippen molar-refractivity contribution in [1.29, 1.82) is 0 Å². The van der Waals surface area contributed by atoms with Gasteiger partial charge in [0.05, 0.1) is 0 Å². The maximum atomic E-state index is 13.6. The molecule has 66 heavy (non-hydrogen) atoms. The quantitative estimate of drug-likeness (QED) is 0.0840. The number of nitrogens with two attached hydrogens (primary N) is 1. The van der Waals surface area contributed by atoms with Crippen molar-refractivity contribution < 1.29 is 38.1 Å². The Morgan fingerprint density at radius 2 is 0.606 bits per heavy atom. The predicted octanol–water partition coefficient (Wildman–Crippen LogP) is 6.81. The summed E-state index contributed by atoms with van der Waals surface area (Å²) in [4.78, 5) is 61.1. The summed E-state index contributed by atoms with van der Waals surface area (Å²) in [6, 6.07) is 21.9. The molecule has 2 N–H and O–H groups in total. The summed E-state index contributed by atoms with van der Waals surface area (Å²) in [5, 5.41) is 0. The van der Waals surface area contributed by atoms with E-state index in [1.54, 1.807) is 19.6 Å². The SMILES string of the molecule is CCN(CC)C(=O)COc1c2cccc1Cc1cccc(c1OCC(=O)N(CC)CC)Cc1cc(CN)cc(c1OCC(=O)N(CC)CC)Cc1cccc(c1OCC(=O)N(CC)CC)C2. The van der Waals surface area contributed by atoms with Crippen LogP contribution in [-0.4, -0.2) is 122 Å². The summed E-state index contributed by atoms with van der Waals surface area (Å²) in [5.41, 5.74) is 13.8. The van der Waals surface area contributed by atoms with E-state index < -0.39 is 0 Å². The molecule has 0 radical (unpaired) electrons. The number of hydrogen-bond acceptors (Lipinski definition) is 9. The number of fused-ring (bicyclic) bond motifs is 8.